The molecule has 1 heterocycles. The van der Waals surface area contributed by atoms with Crippen molar-refractivity contribution in [3.05, 3.63) is 35.4 Å². The van der Waals surface area contributed by atoms with Crippen molar-refractivity contribution in [3.8, 4) is 0 Å². The van der Waals surface area contributed by atoms with Crippen molar-refractivity contribution >= 4 is 19.1 Å². The number of rotatable bonds is 23. The van der Waals surface area contributed by atoms with Crippen LogP contribution in [-0.2, 0) is 0 Å². The van der Waals surface area contributed by atoms with E-state index in [0.29, 0.717) is 11.1 Å². The molecule has 0 saturated heterocycles. The van der Waals surface area contributed by atoms with Crippen LogP contribution in [0, 0.1) is 0 Å². The molecule has 0 atom stereocenters. The molecule has 3 nitrogen and oxygen atoms in total. The van der Waals surface area contributed by atoms with E-state index < -0.39 is 7.26 Å². The van der Waals surface area contributed by atoms with Crippen molar-refractivity contribution in [3.63, 3.8) is 0 Å². The second-order valence-corrected chi connectivity index (χ2v) is 16.6. The molecule has 1 aliphatic rings. The fraction of sp³-hybridized carbons (Fsp3) is 0.758. The van der Waals surface area contributed by atoms with Crippen LogP contribution in [0.25, 0.3) is 0 Å². The molecule has 2 rings (SSSR count). The van der Waals surface area contributed by atoms with Crippen molar-refractivity contribution in [2.75, 3.05) is 24.8 Å². The normalized spacial score (nSPS) is 14.0. The van der Waals surface area contributed by atoms with Crippen molar-refractivity contribution in [1.29, 1.82) is 0 Å². The third-order valence-electron chi connectivity index (χ3n) is 8.55. The molecule has 0 N–H and O–H groups in total. The van der Waals surface area contributed by atoms with Gasteiger partial charge >= 0.3 is 230 Å². The summed E-state index contributed by atoms with van der Waals surface area (Å²) in [7, 11) is -1.80. The number of fused-ring (bicyclic) bond motifs is 1. The number of carbonyl (C=O) groups excluding carboxylic acids is 2. The molecule has 0 fully saturated rings. The first-order chi connectivity index (χ1) is 18.1. The molecule has 0 radical (unpaired) electrons. The number of imide groups is 1. The van der Waals surface area contributed by atoms with E-state index in [0.717, 1.165) is 6.29 Å². The SMILES string of the molecule is CCCCCCCC[PH](CCCCCCCC)(CCCCCCCC)CN1C(=O)c2ccccc2C1=O. The summed E-state index contributed by atoms with van der Waals surface area (Å²) < 4.78 is 0. The Labute approximate surface area is 229 Å². The van der Waals surface area contributed by atoms with Gasteiger partial charge in [-0.1, -0.05) is 0 Å². The number of amides is 2. The average molecular weight is 532 g/mol. The predicted molar refractivity (Wildman–Crippen MR) is 165 cm³/mol. The van der Waals surface area contributed by atoms with E-state index in [1.165, 1.54) is 134 Å². The predicted octanol–water partition coefficient (Wildman–Crippen LogP) is 10.1. The van der Waals surface area contributed by atoms with Gasteiger partial charge in [0.25, 0.3) is 0 Å². The third kappa shape index (κ3) is 11.2. The summed E-state index contributed by atoms with van der Waals surface area (Å²) in [4.78, 5) is 28.4. The van der Waals surface area contributed by atoms with Crippen molar-refractivity contribution < 1.29 is 9.59 Å². The van der Waals surface area contributed by atoms with Gasteiger partial charge in [0.2, 0.25) is 0 Å². The summed E-state index contributed by atoms with van der Waals surface area (Å²) in [5.74, 6) is -0.0716. The maximum absolute atomic E-state index is 13.4. The summed E-state index contributed by atoms with van der Waals surface area (Å²) >= 11 is 0. The van der Waals surface area contributed by atoms with E-state index in [1.807, 2.05) is 24.3 Å². The maximum atomic E-state index is 13.4. The molecular formula is C33H58NO2P. The second kappa shape index (κ2) is 18.9. The fourth-order valence-electron chi connectivity index (χ4n) is 6.17. The Hall–Kier alpha value is -1.21. The third-order valence-corrected chi connectivity index (χ3v) is 13.8. The molecule has 2 amide bonds. The van der Waals surface area contributed by atoms with Crippen molar-refractivity contribution in [2.24, 2.45) is 0 Å². The van der Waals surface area contributed by atoms with Crippen LogP contribution >= 0.6 is 7.26 Å². The quantitative estimate of drug-likeness (QED) is 0.0800. The van der Waals surface area contributed by atoms with Gasteiger partial charge in [0.1, 0.15) is 0 Å². The summed E-state index contributed by atoms with van der Waals surface area (Å²) in [6.45, 7) is 6.84. The standard InChI is InChI=1S/C33H58NO2P/c1-4-7-10-13-16-21-26-37(27-22-17-14-11-8-5-2,28-23-18-15-12-9-6-3)29-34-32(35)30-24-19-20-25-31(30)33(34)36/h19-20,24-25,37H,4-18,21-23,26-29H2,1-3H3. The topological polar surface area (TPSA) is 37.4 Å². The van der Waals surface area contributed by atoms with Crippen molar-refractivity contribution in [1.82, 2.24) is 4.90 Å². The molecule has 212 valence electrons. The Bertz CT molecular complexity index is 702. The van der Waals surface area contributed by atoms with Gasteiger partial charge in [0.15, 0.2) is 0 Å². The first-order valence-corrected chi connectivity index (χ1v) is 18.9. The van der Waals surface area contributed by atoms with Crippen LogP contribution < -0.4 is 0 Å². The Kier molecular flexibility index (Phi) is 16.4. The van der Waals surface area contributed by atoms with Gasteiger partial charge in [-0.05, 0) is 0 Å². The van der Waals surface area contributed by atoms with Gasteiger partial charge in [-0.2, -0.15) is 0 Å². The summed E-state index contributed by atoms with van der Waals surface area (Å²) in [6, 6.07) is 7.46. The van der Waals surface area contributed by atoms with Gasteiger partial charge in [-0.25, -0.2) is 0 Å². The van der Waals surface area contributed by atoms with Crippen LogP contribution in [0.1, 0.15) is 157 Å². The van der Waals surface area contributed by atoms with Gasteiger partial charge in [-0.3, -0.25) is 0 Å². The van der Waals surface area contributed by atoms with Crippen LogP contribution in [0.3, 0.4) is 0 Å². The average Bonchev–Trinajstić information content (AvgIpc) is 3.15. The van der Waals surface area contributed by atoms with E-state index >= 15 is 0 Å². The number of hydrogen-bond acceptors (Lipinski definition) is 2. The number of hydrogen-bond donors (Lipinski definition) is 0. The monoisotopic (exact) mass is 531 g/mol. The molecule has 1 aromatic rings. The summed E-state index contributed by atoms with van der Waals surface area (Å²) in [5, 5.41) is 0. The molecule has 0 aliphatic carbocycles. The van der Waals surface area contributed by atoms with Crippen LogP contribution in [0.15, 0.2) is 24.3 Å². The van der Waals surface area contributed by atoms with Gasteiger partial charge in [0, 0.05) is 0 Å². The van der Waals surface area contributed by atoms with E-state index in [-0.39, 0.29) is 11.8 Å². The van der Waals surface area contributed by atoms with E-state index in [2.05, 4.69) is 20.8 Å². The minimum atomic E-state index is -1.80. The Morgan fingerprint density at radius 2 is 0.838 bits per heavy atom. The van der Waals surface area contributed by atoms with E-state index in [4.69, 9.17) is 0 Å². The molecule has 37 heavy (non-hydrogen) atoms. The Balaban J connectivity index is 2.12. The zero-order chi connectivity index (χ0) is 26.8. The van der Waals surface area contributed by atoms with Crippen LogP contribution in [0.2, 0.25) is 0 Å². The molecule has 0 bridgehead atoms. The van der Waals surface area contributed by atoms with E-state index in [9.17, 15) is 9.59 Å². The van der Waals surface area contributed by atoms with Crippen molar-refractivity contribution in [2.45, 2.75) is 136 Å². The molecule has 1 aliphatic heterocycles. The first kappa shape index (κ1) is 32.0. The molecule has 0 spiro atoms. The zero-order valence-corrected chi connectivity index (χ0v) is 25.6. The molecule has 0 aromatic heterocycles. The fourth-order valence-corrected chi connectivity index (χ4v) is 11.4. The zero-order valence-electron chi connectivity index (χ0n) is 24.6. The molecule has 1 aromatic carbocycles. The minimum absolute atomic E-state index is 0.0358. The van der Waals surface area contributed by atoms with Crippen LogP contribution in [0.4, 0.5) is 0 Å². The molecular weight excluding hydrogens is 473 g/mol. The Morgan fingerprint density at radius 1 is 0.514 bits per heavy atom. The Morgan fingerprint density at radius 3 is 1.19 bits per heavy atom. The van der Waals surface area contributed by atoms with E-state index in [1.54, 1.807) is 4.90 Å². The first-order valence-electron chi connectivity index (χ1n) is 16.0. The number of unbranched alkanes of at least 4 members (excludes halogenated alkanes) is 15. The summed E-state index contributed by atoms with van der Waals surface area (Å²) in [6.07, 6.45) is 28.3. The van der Waals surface area contributed by atoms with Gasteiger partial charge in [0.05, 0.1) is 0 Å². The second-order valence-electron chi connectivity index (χ2n) is 11.8. The van der Waals surface area contributed by atoms with Crippen LogP contribution in [-0.4, -0.2) is 41.5 Å². The number of nitrogens with zero attached hydrogens (tertiary/aromatic N) is 1. The van der Waals surface area contributed by atoms with Crippen LogP contribution in [0.5, 0.6) is 0 Å². The molecule has 0 unspecified atom stereocenters. The molecule has 4 heteroatoms. The number of benzene rings is 1. The van der Waals surface area contributed by atoms with Gasteiger partial charge < -0.3 is 0 Å². The number of carbonyl (C=O) groups is 2. The summed E-state index contributed by atoms with van der Waals surface area (Å²) in [5.41, 5.74) is 1.24. The molecule has 0 saturated carbocycles. The van der Waals surface area contributed by atoms with Gasteiger partial charge in [-0.15, -0.1) is 0 Å².